The quantitative estimate of drug-likeness (QED) is 0.543. The van der Waals surface area contributed by atoms with Crippen molar-refractivity contribution in [3.63, 3.8) is 0 Å². The molecule has 4 rings (SSSR count). The van der Waals surface area contributed by atoms with E-state index in [9.17, 15) is 4.79 Å². The minimum atomic E-state index is -0.414. The largest absolute Gasteiger partial charge is 0.497 e. The monoisotopic (exact) mass is 414 g/mol. The fraction of sp³-hybridized carbons (Fsp3) is 0.250. The van der Waals surface area contributed by atoms with E-state index >= 15 is 0 Å². The van der Waals surface area contributed by atoms with Crippen molar-refractivity contribution in [1.82, 2.24) is 10.1 Å². The molecule has 2 aromatic carbocycles. The van der Waals surface area contributed by atoms with Gasteiger partial charge in [0.05, 0.1) is 17.3 Å². The molecular formula is C20H18N2O4S2. The highest BCUT2D eigenvalue weighted by molar-refractivity contribution is 8.19. The van der Waals surface area contributed by atoms with E-state index in [-0.39, 0.29) is 12.5 Å². The minimum Gasteiger partial charge on any atom is -0.497 e. The molecule has 144 valence electrons. The Hall–Kier alpha value is -2.45. The number of carbonyl (C=O) groups excluding carboxylic acids is 1. The van der Waals surface area contributed by atoms with Gasteiger partial charge in [-0.15, -0.1) is 23.5 Å². The molecule has 6 nitrogen and oxygen atoms in total. The van der Waals surface area contributed by atoms with Gasteiger partial charge in [0.1, 0.15) is 5.75 Å². The Balaban J connectivity index is 1.35. The number of rotatable bonds is 6. The Morgan fingerprint density at radius 1 is 1.11 bits per heavy atom. The van der Waals surface area contributed by atoms with Gasteiger partial charge in [-0.25, -0.2) is 4.79 Å². The molecule has 0 saturated carbocycles. The SMILES string of the molecule is COc1ccc(-c2noc(COC(=O)c3ccc(C4SCCS4)cc3)n2)cc1. The van der Waals surface area contributed by atoms with Gasteiger partial charge in [0.15, 0.2) is 6.61 Å². The van der Waals surface area contributed by atoms with Crippen molar-refractivity contribution in [2.24, 2.45) is 0 Å². The predicted molar refractivity (Wildman–Crippen MR) is 110 cm³/mol. The zero-order chi connectivity index (χ0) is 19.3. The standard InChI is InChI=1S/C20H18N2O4S2/c1-24-16-8-6-13(7-9-16)18-21-17(26-22-18)12-25-19(23)14-2-4-15(5-3-14)20-27-10-11-28-20/h2-9,20H,10-12H2,1H3. The number of carbonyl (C=O) groups is 1. The first-order valence-corrected chi connectivity index (χ1v) is 10.8. The number of aromatic nitrogens is 2. The molecule has 1 aliphatic heterocycles. The van der Waals surface area contributed by atoms with Crippen LogP contribution in [0, 0.1) is 0 Å². The van der Waals surface area contributed by atoms with Crippen LogP contribution < -0.4 is 4.74 Å². The molecule has 1 fully saturated rings. The van der Waals surface area contributed by atoms with E-state index in [1.165, 1.54) is 17.1 Å². The minimum absolute atomic E-state index is 0.0714. The Morgan fingerprint density at radius 2 is 1.82 bits per heavy atom. The van der Waals surface area contributed by atoms with Crippen LogP contribution >= 0.6 is 23.5 Å². The lowest BCUT2D eigenvalue weighted by Gasteiger charge is -2.08. The van der Waals surface area contributed by atoms with Gasteiger partial charge in [-0.3, -0.25) is 0 Å². The molecule has 28 heavy (non-hydrogen) atoms. The highest BCUT2D eigenvalue weighted by atomic mass is 32.2. The van der Waals surface area contributed by atoms with Gasteiger partial charge in [0.25, 0.3) is 5.89 Å². The van der Waals surface area contributed by atoms with Gasteiger partial charge in [0, 0.05) is 17.1 Å². The van der Waals surface area contributed by atoms with Crippen LogP contribution in [-0.4, -0.2) is 34.7 Å². The third-order valence-electron chi connectivity index (χ3n) is 4.18. The summed E-state index contributed by atoms with van der Waals surface area (Å²) < 4.78 is 16.1. The molecule has 0 spiro atoms. The molecule has 1 aliphatic rings. The van der Waals surface area contributed by atoms with Crippen molar-refractivity contribution in [2.75, 3.05) is 18.6 Å². The first-order valence-electron chi connectivity index (χ1n) is 8.70. The van der Waals surface area contributed by atoms with Gasteiger partial charge in [0.2, 0.25) is 5.82 Å². The van der Waals surface area contributed by atoms with Gasteiger partial charge < -0.3 is 14.0 Å². The zero-order valence-corrected chi connectivity index (χ0v) is 16.8. The van der Waals surface area contributed by atoms with Crippen LogP contribution in [0.1, 0.15) is 26.4 Å². The second kappa shape index (κ2) is 8.70. The van der Waals surface area contributed by atoms with Crippen LogP contribution in [0.3, 0.4) is 0 Å². The summed E-state index contributed by atoms with van der Waals surface area (Å²) in [7, 11) is 1.61. The van der Waals surface area contributed by atoms with E-state index in [0.717, 1.165) is 11.3 Å². The summed E-state index contributed by atoms with van der Waals surface area (Å²) in [4.78, 5) is 16.5. The zero-order valence-electron chi connectivity index (χ0n) is 15.2. The van der Waals surface area contributed by atoms with Gasteiger partial charge in [-0.05, 0) is 42.0 Å². The van der Waals surface area contributed by atoms with Gasteiger partial charge in [-0.1, -0.05) is 17.3 Å². The van der Waals surface area contributed by atoms with E-state index in [1.54, 1.807) is 19.2 Å². The Morgan fingerprint density at radius 3 is 2.50 bits per heavy atom. The molecule has 2 heterocycles. The smallest absolute Gasteiger partial charge is 0.338 e. The highest BCUT2D eigenvalue weighted by Crippen LogP contribution is 2.45. The Labute approximate surface area is 171 Å². The van der Waals surface area contributed by atoms with Crippen LogP contribution in [0.15, 0.2) is 53.1 Å². The predicted octanol–water partition coefficient (Wildman–Crippen LogP) is 4.58. The summed E-state index contributed by atoms with van der Waals surface area (Å²) in [6, 6.07) is 14.9. The van der Waals surface area contributed by atoms with Gasteiger partial charge in [-0.2, -0.15) is 4.98 Å². The van der Waals surface area contributed by atoms with Crippen molar-refractivity contribution in [2.45, 2.75) is 11.2 Å². The molecule has 8 heteroatoms. The number of thioether (sulfide) groups is 2. The molecule has 0 bridgehead atoms. The normalized spacial score (nSPS) is 14.2. The van der Waals surface area contributed by atoms with E-state index in [1.807, 2.05) is 59.9 Å². The Bertz CT molecular complexity index is 936. The lowest BCUT2D eigenvalue weighted by Crippen LogP contribution is -2.05. The molecule has 0 N–H and O–H groups in total. The van der Waals surface area contributed by atoms with E-state index in [2.05, 4.69) is 10.1 Å². The fourth-order valence-corrected chi connectivity index (χ4v) is 5.57. The summed E-state index contributed by atoms with van der Waals surface area (Å²) in [6.45, 7) is -0.0714. The number of hydrogen-bond acceptors (Lipinski definition) is 8. The molecule has 0 radical (unpaired) electrons. The number of ether oxygens (including phenoxy) is 2. The summed E-state index contributed by atoms with van der Waals surface area (Å²) in [5.74, 6) is 3.35. The van der Waals surface area contributed by atoms with Crippen molar-refractivity contribution < 1.29 is 18.8 Å². The number of methoxy groups -OCH3 is 1. The molecular weight excluding hydrogens is 396 g/mol. The van der Waals surface area contributed by atoms with Crippen LogP contribution in [0.25, 0.3) is 11.4 Å². The lowest BCUT2D eigenvalue weighted by molar-refractivity contribution is 0.0430. The molecule has 1 saturated heterocycles. The lowest BCUT2D eigenvalue weighted by atomic mass is 10.1. The van der Waals surface area contributed by atoms with Crippen molar-refractivity contribution in [3.8, 4) is 17.1 Å². The molecule has 0 atom stereocenters. The summed E-state index contributed by atoms with van der Waals surface area (Å²) in [6.07, 6.45) is 0. The van der Waals surface area contributed by atoms with Crippen LogP contribution in [0.2, 0.25) is 0 Å². The van der Waals surface area contributed by atoms with Crippen LogP contribution in [-0.2, 0) is 11.3 Å². The number of nitrogens with zero attached hydrogens (tertiary/aromatic N) is 2. The average molecular weight is 415 g/mol. The van der Waals surface area contributed by atoms with E-state index in [4.69, 9.17) is 14.0 Å². The summed E-state index contributed by atoms with van der Waals surface area (Å²) in [5.41, 5.74) is 2.53. The molecule has 1 aromatic heterocycles. The van der Waals surface area contributed by atoms with Crippen molar-refractivity contribution in [1.29, 1.82) is 0 Å². The molecule has 0 aliphatic carbocycles. The first kappa shape index (κ1) is 18.9. The molecule has 3 aromatic rings. The maximum Gasteiger partial charge on any atom is 0.338 e. The summed E-state index contributed by atoms with van der Waals surface area (Å²) in [5, 5.41) is 3.93. The van der Waals surface area contributed by atoms with Crippen molar-refractivity contribution in [3.05, 3.63) is 65.5 Å². The van der Waals surface area contributed by atoms with E-state index < -0.39 is 5.97 Å². The molecule has 0 amide bonds. The fourth-order valence-electron chi connectivity index (χ4n) is 2.71. The van der Waals surface area contributed by atoms with E-state index in [0.29, 0.717) is 16.0 Å². The second-order valence-electron chi connectivity index (χ2n) is 6.01. The topological polar surface area (TPSA) is 74.5 Å². The van der Waals surface area contributed by atoms with Crippen molar-refractivity contribution >= 4 is 29.5 Å². The average Bonchev–Trinajstić information content (AvgIpc) is 3.44. The maximum absolute atomic E-state index is 12.3. The van der Waals surface area contributed by atoms with Gasteiger partial charge >= 0.3 is 5.97 Å². The van der Waals surface area contributed by atoms with Crippen LogP contribution in [0.5, 0.6) is 5.75 Å². The summed E-state index contributed by atoms with van der Waals surface area (Å²) >= 11 is 3.86. The highest BCUT2D eigenvalue weighted by Gasteiger charge is 2.19. The number of esters is 1. The number of hydrogen-bond donors (Lipinski definition) is 0. The maximum atomic E-state index is 12.3. The number of benzene rings is 2. The third kappa shape index (κ3) is 4.34. The first-order chi connectivity index (χ1) is 13.7. The third-order valence-corrected chi connectivity index (χ3v) is 7.29. The Kier molecular flexibility index (Phi) is 5.87. The molecule has 0 unspecified atom stereocenters. The second-order valence-corrected chi connectivity index (χ2v) is 8.74. The van der Waals surface area contributed by atoms with Crippen LogP contribution in [0.4, 0.5) is 0 Å².